The molecule has 5 aromatic rings. The molecule has 0 aliphatic carbocycles. The lowest BCUT2D eigenvalue weighted by atomic mass is 10.2. The van der Waals surface area contributed by atoms with Gasteiger partial charge in [0.1, 0.15) is 23.4 Å². The maximum Gasteiger partial charge on any atom is 0.433 e. The van der Waals surface area contributed by atoms with Crippen molar-refractivity contribution < 1.29 is 22.7 Å². The molecule has 0 saturated heterocycles. The molecule has 0 aliphatic heterocycles. The topological polar surface area (TPSA) is 98.1 Å². The number of rotatable bonds is 5. The minimum Gasteiger partial charge on any atom is -0.437 e. The smallest absolute Gasteiger partial charge is 0.433 e. The molecular weight excluding hydrogens is 487 g/mol. The number of nitrogens with one attached hydrogen (secondary N) is 1. The van der Waals surface area contributed by atoms with Gasteiger partial charge in [0.05, 0.1) is 17.1 Å². The van der Waals surface area contributed by atoms with Crippen LogP contribution in [0.15, 0.2) is 67.4 Å². The molecule has 0 saturated carbocycles. The molecule has 0 fully saturated rings. The number of amides is 1. The number of fused-ring (bicyclic) bond motifs is 2. The van der Waals surface area contributed by atoms with Crippen LogP contribution in [0.4, 0.5) is 23.7 Å². The summed E-state index contributed by atoms with van der Waals surface area (Å²) < 4.78 is 45.3. The van der Waals surface area contributed by atoms with E-state index in [0.29, 0.717) is 28.2 Å². The number of hydrogen-bond acceptors (Lipinski definition) is 7. The van der Waals surface area contributed by atoms with Crippen LogP contribution in [0, 0.1) is 0 Å². The second kappa shape index (κ2) is 9.37. The Bertz CT molecular complexity index is 1600. The summed E-state index contributed by atoms with van der Waals surface area (Å²) in [6, 6.07) is 10.9. The lowest BCUT2D eigenvalue weighted by Gasteiger charge is -2.13. The largest absolute Gasteiger partial charge is 0.437 e. The van der Waals surface area contributed by atoms with Gasteiger partial charge in [0.15, 0.2) is 0 Å². The summed E-state index contributed by atoms with van der Waals surface area (Å²) in [5.74, 6) is 0.803. The van der Waals surface area contributed by atoms with E-state index in [9.17, 15) is 18.0 Å². The highest BCUT2D eigenvalue weighted by Crippen LogP contribution is 2.30. The fraction of sp³-hybridized carbons (Fsp3) is 0.160. The molecule has 0 aliphatic rings. The minimum absolute atomic E-state index is 0.00115. The summed E-state index contributed by atoms with van der Waals surface area (Å²) in [6.45, 7) is 0.00115. The van der Waals surface area contributed by atoms with Crippen LogP contribution < -0.4 is 15.0 Å². The SMILES string of the molecule is CN(C)c1ccc2c(Oc3cnc4c(ccn4C(=O)NCc4ccc(C(F)(F)F)nc4)c3)ncnc2c1. The third kappa shape index (κ3) is 4.99. The Morgan fingerprint density at radius 3 is 2.59 bits per heavy atom. The van der Waals surface area contributed by atoms with Gasteiger partial charge >= 0.3 is 12.2 Å². The zero-order valence-electron chi connectivity index (χ0n) is 19.7. The average molecular weight is 507 g/mol. The number of nitrogens with zero attached hydrogens (tertiary/aromatic N) is 6. The second-order valence-electron chi connectivity index (χ2n) is 8.35. The van der Waals surface area contributed by atoms with Gasteiger partial charge in [0.2, 0.25) is 5.88 Å². The van der Waals surface area contributed by atoms with E-state index in [2.05, 4.69) is 25.3 Å². The molecule has 37 heavy (non-hydrogen) atoms. The second-order valence-corrected chi connectivity index (χ2v) is 8.35. The highest BCUT2D eigenvalue weighted by molar-refractivity contribution is 5.90. The molecular formula is C25H20F3N7O2. The molecule has 1 aromatic carbocycles. The van der Waals surface area contributed by atoms with E-state index >= 15 is 0 Å². The Labute approximate surface area is 208 Å². The highest BCUT2D eigenvalue weighted by Gasteiger charge is 2.32. The number of carbonyl (C=O) groups is 1. The van der Waals surface area contributed by atoms with E-state index < -0.39 is 17.9 Å². The van der Waals surface area contributed by atoms with Crippen LogP contribution >= 0.6 is 0 Å². The number of aromatic nitrogens is 5. The lowest BCUT2D eigenvalue weighted by molar-refractivity contribution is -0.141. The normalized spacial score (nSPS) is 11.6. The molecule has 9 nitrogen and oxygen atoms in total. The van der Waals surface area contributed by atoms with Gasteiger partial charge in [-0.1, -0.05) is 6.07 Å². The van der Waals surface area contributed by atoms with Crippen LogP contribution in [0.2, 0.25) is 0 Å². The van der Waals surface area contributed by atoms with Crippen LogP contribution in [0.5, 0.6) is 11.6 Å². The summed E-state index contributed by atoms with van der Waals surface area (Å²) in [7, 11) is 3.89. The monoisotopic (exact) mass is 507 g/mol. The van der Waals surface area contributed by atoms with Crippen molar-refractivity contribution in [3.63, 3.8) is 0 Å². The Morgan fingerprint density at radius 2 is 1.86 bits per heavy atom. The number of ether oxygens (including phenoxy) is 1. The Balaban J connectivity index is 1.31. The molecule has 4 heterocycles. The predicted octanol–water partition coefficient (Wildman–Crippen LogP) is 5.01. The highest BCUT2D eigenvalue weighted by atomic mass is 19.4. The van der Waals surface area contributed by atoms with Gasteiger partial charge in [-0.3, -0.25) is 9.55 Å². The van der Waals surface area contributed by atoms with Gasteiger partial charge in [-0.05, 0) is 42.0 Å². The molecule has 5 rings (SSSR count). The van der Waals surface area contributed by atoms with Crippen LogP contribution in [-0.4, -0.2) is 44.6 Å². The molecule has 0 atom stereocenters. The number of benzene rings is 1. The first-order valence-electron chi connectivity index (χ1n) is 11.1. The van der Waals surface area contributed by atoms with Crippen molar-refractivity contribution in [3.05, 3.63) is 78.6 Å². The lowest BCUT2D eigenvalue weighted by Crippen LogP contribution is -2.27. The van der Waals surface area contributed by atoms with E-state index in [0.717, 1.165) is 28.9 Å². The zero-order chi connectivity index (χ0) is 26.2. The standard InChI is InChI=1S/C25H20F3N7O2/c1-34(2)17-4-5-19-20(10-17)32-14-33-23(19)37-18-9-16-7-8-35(22(16)30-13-18)24(36)31-12-15-3-6-21(29-11-15)25(26,27)28/h3-11,13-14H,12H2,1-2H3,(H,31,36). The first-order chi connectivity index (χ1) is 17.7. The van der Waals surface area contributed by atoms with Crippen molar-refractivity contribution in [3.8, 4) is 11.6 Å². The molecule has 0 spiro atoms. The Morgan fingerprint density at radius 1 is 1.03 bits per heavy atom. The summed E-state index contributed by atoms with van der Waals surface area (Å²) in [5, 5.41) is 4.04. The van der Waals surface area contributed by atoms with Gasteiger partial charge in [-0.2, -0.15) is 13.2 Å². The van der Waals surface area contributed by atoms with Crippen molar-refractivity contribution in [2.75, 3.05) is 19.0 Å². The minimum atomic E-state index is -4.52. The number of pyridine rings is 2. The number of alkyl halides is 3. The molecule has 12 heteroatoms. The molecule has 4 aromatic heterocycles. The Kier molecular flexibility index (Phi) is 6.07. The average Bonchev–Trinajstić information content (AvgIpc) is 3.30. The number of anilines is 1. The van der Waals surface area contributed by atoms with Gasteiger partial charge in [0.25, 0.3) is 0 Å². The third-order valence-electron chi connectivity index (χ3n) is 5.59. The first kappa shape index (κ1) is 24.0. The predicted molar refractivity (Wildman–Crippen MR) is 131 cm³/mol. The Hall–Kier alpha value is -4.74. The van der Waals surface area contributed by atoms with Crippen LogP contribution in [0.25, 0.3) is 21.9 Å². The fourth-order valence-electron chi connectivity index (χ4n) is 3.67. The van der Waals surface area contributed by atoms with Crippen LogP contribution in [0.3, 0.4) is 0 Å². The molecule has 1 amide bonds. The maximum atomic E-state index is 12.7. The van der Waals surface area contributed by atoms with Crippen LogP contribution in [0.1, 0.15) is 11.3 Å². The van der Waals surface area contributed by atoms with E-state index in [1.807, 2.05) is 37.2 Å². The quantitative estimate of drug-likeness (QED) is 0.357. The summed E-state index contributed by atoms with van der Waals surface area (Å²) in [6.07, 6.45) is 1.02. The number of halogens is 3. The number of hydrogen-bond donors (Lipinski definition) is 1. The number of carbonyl (C=O) groups excluding carboxylic acids is 1. The molecule has 1 N–H and O–H groups in total. The van der Waals surface area contributed by atoms with Crippen molar-refractivity contribution >= 4 is 33.7 Å². The van der Waals surface area contributed by atoms with Gasteiger partial charge in [-0.25, -0.2) is 19.7 Å². The van der Waals surface area contributed by atoms with Crippen molar-refractivity contribution in [2.45, 2.75) is 12.7 Å². The molecule has 0 bridgehead atoms. The molecule has 0 radical (unpaired) electrons. The van der Waals surface area contributed by atoms with E-state index in [-0.39, 0.29) is 6.54 Å². The zero-order valence-corrected chi connectivity index (χ0v) is 19.7. The first-order valence-corrected chi connectivity index (χ1v) is 11.1. The summed E-state index contributed by atoms with van der Waals surface area (Å²) in [4.78, 5) is 31.0. The maximum absolute atomic E-state index is 12.7. The van der Waals surface area contributed by atoms with Crippen LogP contribution in [-0.2, 0) is 12.7 Å². The molecule has 188 valence electrons. The summed E-state index contributed by atoms with van der Waals surface area (Å²) in [5.41, 5.74) is 1.55. The van der Waals surface area contributed by atoms with E-state index in [1.165, 1.54) is 23.2 Å². The van der Waals surface area contributed by atoms with E-state index in [1.54, 1.807) is 18.3 Å². The molecule has 0 unspecified atom stereocenters. The fourth-order valence-corrected chi connectivity index (χ4v) is 3.67. The van der Waals surface area contributed by atoms with Crippen molar-refractivity contribution in [2.24, 2.45) is 0 Å². The van der Waals surface area contributed by atoms with Crippen molar-refractivity contribution in [1.82, 2.24) is 29.8 Å². The van der Waals surface area contributed by atoms with Gasteiger partial charge < -0.3 is 15.0 Å². The van der Waals surface area contributed by atoms with Gasteiger partial charge in [0, 0.05) is 44.1 Å². The van der Waals surface area contributed by atoms with E-state index in [4.69, 9.17) is 4.74 Å². The third-order valence-corrected chi connectivity index (χ3v) is 5.59. The van der Waals surface area contributed by atoms with Crippen molar-refractivity contribution in [1.29, 1.82) is 0 Å². The van der Waals surface area contributed by atoms with Gasteiger partial charge in [-0.15, -0.1) is 0 Å². The summed E-state index contributed by atoms with van der Waals surface area (Å²) >= 11 is 0.